The molecular weight excluding hydrogens is 368 g/mol. The number of benzene rings is 2. The highest BCUT2D eigenvalue weighted by Crippen LogP contribution is 2.25. The van der Waals surface area contributed by atoms with Gasteiger partial charge in [0.2, 0.25) is 0 Å². The van der Waals surface area contributed by atoms with Gasteiger partial charge in [-0.3, -0.25) is 0 Å². The molecule has 0 fully saturated rings. The van der Waals surface area contributed by atoms with E-state index >= 15 is 0 Å². The fraction of sp³-hybridized carbons (Fsp3) is 0.133. The quantitative estimate of drug-likeness (QED) is 0.616. The van der Waals surface area contributed by atoms with Crippen LogP contribution in [0.3, 0.4) is 0 Å². The summed E-state index contributed by atoms with van der Waals surface area (Å²) in [5, 5.41) is 3.78. The summed E-state index contributed by atoms with van der Waals surface area (Å²) in [7, 11) is -3.64. The number of ether oxygens (including phenoxy) is 1. The smallest absolute Gasteiger partial charge is 0.276 e. The summed E-state index contributed by atoms with van der Waals surface area (Å²) in [5.74, 6) is 0.726. The molecule has 2 aromatic carbocycles. The van der Waals surface area contributed by atoms with Gasteiger partial charge in [0.05, 0.1) is 22.2 Å². The summed E-state index contributed by atoms with van der Waals surface area (Å²) < 4.78 is 30.1. The molecule has 0 saturated carbocycles. The van der Waals surface area contributed by atoms with Crippen LogP contribution in [-0.4, -0.2) is 21.2 Å². The first-order chi connectivity index (χ1) is 10.5. The molecule has 0 bridgehead atoms. The SMILES string of the molecule is CCOc1ccc(/C=N/NS(=O)(=O)c2ccccc2)cc1Br. The lowest BCUT2D eigenvalue weighted by Gasteiger charge is -2.06. The van der Waals surface area contributed by atoms with E-state index in [1.807, 2.05) is 6.92 Å². The van der Waals surface area contributed by atoms with Gasteiger partial charge in [0.15, 0.2) is 0 Å². The Morgan fingerprint density at radius 1 is 1.23 bits per heavy atom. The van der Waals surface area contributed by atoms with Crippen LogP contribution in [0.1, 0.15) is 12.5 Å². The molecule has 0 aliphatic rings. The van der Waals surface area contributed by atoms with Gasteiger partial charge in [0.1, 0.15) is 5.75 Å². The molecule has 116 valence electrons. The van der Waals surface area contributed by atoms with Crippen molar-refractivity contribution in [2.45, 2.75) is 11.8 Å². The number of nitrogens with one attached hydrogen (secondary N) is 1. The van der Waals surface area contributed by atoms with Gasteiger partial charge in [-0.1, -0.05) is 18.2 Å². The molecule has 0 radical (unpaired) electrons. The summed E-state index contributed by atoms with van der Waals surface area (Å²) >= 11 is 3.39. The zero-order valence-corrected chi connectivity index (χ0v) is 14.3. The molecule has 0 unspecified atom stereocenters. The lowest BCUT2D eigenvalue weighted by molar-refractivity contribution is 0.338. The minimum atomic E-state index is -3.64. The average Bonchev–Trinajstić information content (AvgIpc) is 2.51. The van der Waals surface area contributed by atoms with Gasteiger partial charge in [0, 0.05) is 0 Å². The molecule has 2 aromatic rings. The number of halogens is 1. The molecule has 7 heteroatoms. The summed E-state index contributed by atoms with van der Waals surface area (Å²) in [6.45, 7) is 2.48. The first kappa shape index (κ1) is 16.5. The topological polar surface area (TPSA) is 67.8 Å². The van der Waals surface area contributed by atoms with E-state index in [0.29, 0.717) is 6.61 Å². The zero-order valence-electron chi connectivity index (χ0n) is 11.9. The molecule has 0 aliphatic carbocycles. The second-order valence-corrected chi connectivity index (χ2v) is 6.80. The van der Waals surface area contributed by atoms with E-state index in [2.05, 4.69) is 25.9 Å². The summed E-state index contributed by atoms with van der Waals surface area (Å²) in [5.41, 5.74) is 0.742. The van der Waals surface area contributed by atoms with Crippen LogP contribution in [0.5, 0.6) is 5.75 Å². The van der Waals surface area contributed by atoms with E-state index in [1.165, 1.54) is 18.3 Å². The normalized spacial score (nSPS) is 11.5. The van der Waals surface area contributed by atoms with Gasteiger partial charge in [-0.25, -0.2) is 4.83 Å². The number of hydrogen-bond acceptors (Lipinski definition) is 4. The lowest BCUT2D eigenvalue weighted by Crippen LogP contribution is -2.18. The first-order valence-electron chi connectivity index (χ1n) is 6.55. The van der Waals surface area contributed by atoms with Crippen molar-refractivity contribution < 1.29 is 13.2 Å². The fourth-order valence-electron chi connectivity index (χ4n) is 1.69. The maximum absolute atomic E-state index is 12.0. The Balaban J connectivity index is 2.08. The largest absolute Gasteiger partial charge is 0.493 e. The molecule has 2 rings (SSSR count). The predicted octanol–water partition coefficient (Wildman–Crippen LogP) is 3.16. The molecule has 0 aliphatic heterocycles. The summed E-state index contributed by atoms with van der Waals surface area (Å²) in [4.78, 5) is 2.34. The van der Waals surface area contributed by atoms with Crippen molar-refractivity contribution >= 4 is 32.2 Å². The third-order valence-corrected chi connectivity index (χ3v) is 4.55. The molecule has 0 spiro atoms. The molecule has 0 atom stereocenters. The molecular formula is C15H15BrN2O3S. The fourth-order valence-corrected chi connectivity index (χ4v) is 3.02. The Bertz CT molecular complexity index is 762. The first-order valence-corrected chi connectivity index (χ1v) is 8.83. The van der Waals surface area contributed by atoms with Crippen LogP contribution >= 0.6 is 15.9 Å². The molecule has 0 amide bonds. The van der Waals surface area contributed by atoms with Crippen LogP contribution < -0.4 is 9.57 Å². The van der Waals surface area contributed by atoms with Crippen LogP contribution in [0, 0.1) is 0 Å². The van der Waals surface area contributed by atoms with Crippen molar-refractivity contribution in [3.63, 3.8) is 0 Å². The summed E-state index contributed by atoms with van der Waals surface area (Å²) in [6.07, 6.45) is 1.43. The van der Waals surface area contributed by atoms with Gasteiger partial charge in [-0.05, 0) is 58.7 Å². The molecule has 1 N–H and O–H groups in total. The standard InChI is InChI=1S/C15H15BrN2O3S/c1-2-21-15-9-8-12(10-14(15)16)11-17-18-22(19,20)13-6-4-3-5-7-13/h3-11,18H,2H2,1H3/b17-11+. The monoisotopic (exact) mass is 382 g/mol. The number of hydrogen-bond donors (Lipinski definition) is 1. The summed E-state index contributed by atoms with van der Waals surface area (Å²) in [6, 6.07) is 13.4. The highest BCUT2D eigenvalue weighted by Gasteiger charge is 2.11. The number of nitrogens with zero attached hydrogens (tertiary/aromatic N) is 1. The Labute approximate surface area is 138 Å². The highest BCUT2D eigenvalue weighted by molar-refractivity contribution is 9.10. The predicted molar refractivity (Wildman–Crippen MR) is 89.7 cm³/mol. The Kier molecular flexibility index (Phi) is 5.57. The van der Waals surface area contributed by atoms with E-state index in [-0.39, 0.29) is 4.90 Å². The van der Waals surface area contributed by atoms with Crippen LogP contribution in [-0.2, 0) is 10.0 Å². The third-order valence-electron chi connectivity index (χ3n) is 2.70. The van der Waals surface area contributed by atoms with E-state index in [9.17, 15) is 8.42 Å². The second-order valence-electron chi connectivity index (χ2n) is 4.29. The maximum atomic E-state index is 12.0. The average molecular weight is 383 g/mol. The molecule has 0 heterocycles. The second kappa shape index (κ2) is 7.42. The van der Waals surface area contributed by atoms with Crippen molar-refractivity contribution in [2.75, 3.05) is 6.61 Å². The van der Waals surface area contributed by atoms with E-state index in [4.69, 9.17) is 4.74 Å². The lowest BCUT2D eigenvalue weighted by atomic mass is 10.2. The van der Waals surface area contributed by atoms with E-state index < -0.39 is 10.0 Å². The van der Waals surface area contributed by atoms with Gasteiger partial charge in [-0.15, -0.1) is 0 Å². The Morgan fingerprint density at radius 3 is 2.59 bits per heavy atom. The number of sulfonamides is 1. The van der Waals surface area contributed by atoms with Crippen LogP contribution in [0.15, 0.2) is 63.0 Å². The van der Waals surface area contributed by atoms with Gasteiger partial charge in [-0.2, -0.15) is 13.5 Å². The van der Waals surface area contributed by atoms with E-state index in [0.717, 1.165) is 15.8 Å². The molecule has 5 nitrogen and oxygen atoms in total. The van der Waals surface area contributed by atoms with Crippen molar-refractivity contribution in [3.8, 4) is 5.75 Å². The van der Waals surface area contributed by atoms with Crippen molar-refractivity contribution in [1.29, 1.82) is 0 Å². The maximum Gasteiger partial charge on any atom is 0.276 e. The molecule has 0 saturated heterocycles. The minimum Gasteiger partial charge on any atom is -0.493 e. The number of hydrazone groups is 1. The molecule has 0 aromatic heterocycles. The van der Waals surface area contributed by atoms with Crippen molar-refractivity contribution in [1.82, 2.24) is 4.83 Å². The molecule has 22 heavy (non-hydrogen) atoms. The van der Waals surface area contributed by atoms with E-state index in [1.54, 1.807) is 36.4 Å². The van der Waals surface area contributed by atoms with Crippen LogP contribution in [0.2, 0.25) is 0 Å². The highest BCUT2D eigenvalue weighted by atomic mass is 79.9. The van der Waals surface area contributed by atoms with Crippen LogP contribution in [0.25, 0.3) is 0 Å². The minimum absolute atomic E-state index is 0.167. The van der Waals surface area contributed by atoms with Crippen molar-refractivity contribution in [3.05, 3.63) is 58.6 Å². The van der Waals surface area contributed by atoms with Gasteiger partial charge >= 0.3 is 0 Å². The zero-order chi connectivity index (χ0) is 16.0. The number of rotatable bonds is 6. The van der Waals surface area contributed by atoms with Gasteiger partial charge in [0.25, 0.3) is 10.0 Å². The van der Waals surface area contributed by atoms with Crippen molar-refractivity contribution in [2.24, 2.45) is 5.10 Å². The third kappa shape index (κ3) is 4.32. The Morgan fingerprint density at radius 2 is 1.95 bits per heavy atom. The van der Waals surface area contributed by atoms with Crippen LogP contribution in [0.4, 0.5) is 0 Å². The Hall–Kier alpha value is -1.86. The van der Waals surface area contributed by atoms with Gasteiger partial charge < -0.3 is 4.74 Å².